The zero-order valence-electron chi connectivity index (χ0n) is 13.8. The van der Waals surface area contributed by atoms with Crippen molar-refractivity contribution in [3.63, 3.8) is 0 Å². The van der Waals surface area contributed by atoms with Crippen LogP contribution in [0.4, 0.5) is 11.5 Å². The number of anilines is 2. The molecule has 0 unspecified atom stereocenters. The average Bonchev–Trinajstić information content (AvgIpc) is 3.16. The van der Waals surface area contributed by atoms with Gasteiger partial charge in [-0.2, -0.15) is 0 Å². The fraction of sp³-hybridized carbons (Fsp3) is 0. The summed E-state index contributed by atoms with van der Waals surface area (Å²) in [6.07, 6.45) is 9.14. The largest absolute Gasteiger partial charge is 0.361 e. The molecule has 0 aliphatic rings. The fourth-order valence-electron chi connectivity index (χ4n) is 3.13. The highest BCUT2D eigenvalue weighted by Gasteiger charge is 2.09. The summed E-state index contributed by atoms with van der Waals surface area (Å²) in [4.78, 5) is 16.4. The molecule has 0 aliphatic carbocycles. The van der Waals surface area contributed by atoms with Crippen LogP contribution in [0.1, 0.15) is 0 Å². The van der Waals surface area contributed by atoms with Crippen molar-refractivity contribution in [3.8, 4) is 11.3 Å². The molecule has 0 atom stereocenters. The molecule has 0 radical (unpaired) electrons. The number of nitrogens with zero attached hydrogens (tertiary/aromatic N) is 3. The van der Waals surface area contributed by atoms with E-state index in [1.807, 2.05) is 36.7 Å². The van der Waals surface area contributed by atoms with Crippen molar-refractivity contribution in [2.75, 3.05) is 5.32 Å². The number of aromatic nitrogens is 4. The van der Waals surface area contributed by atoms with Gasteiger partial charge in [0.2, 0.25) is 0 Å². The highest BCUT2D eigenvalue weighted by atomic mass is 15.0. The molecule has 0 spiro atoms. The van der Waals surface area contributed by atoms with Crippen LogP contribution >= 0.6 is 0 Å². The zero-order valence-corrected chi connectivity index (χ0v) is 13.8. The molecule has 5 heteroatoms. The number of benzene rings is 1. The highest BCUT2D eigenvalue weighted by molar-refractivity contribution is 5.96. The van der Waals surface area contributed by atoms with Crippen molar-refractivity contribution < 1.29 is 0 Å². The van der Waals surface area contributed by atoms with Crippen LogP contribution in [0.5, 0.6) is 0 Å². The Morgan fingerprint density at radius 3 is 2.62 bits per heavy atom. The van der Waals surface area contributed by atoms with E-state index in [2.05, 4.69) is 44.5 Å². The molecule has 0 amide bonds. The van der Waals surface area contributed by atoms with E-state index in [1.54, 1.807) is 18.6 Å². The van der Waals surface area contributed by atoms with Gasteiger partial charge in [-0.3, -0.25) is 9.97 Å². The lowest BCUT2D eigenvalue weighted by Crippen LogP contribution is -1.97. The topological polar surface area (TPSA) is 66.5 Å². The van der Waals surface area contributed by atoms with Crippen molar-refractivity contribution in [2.45, 2.75) is 0 Å². The van der Waals surface area contributed by atoms with Crippen molar-refractivity contribution in [1.82, 2.24) is 19.9 Å². The third kappa shape index (κ3) is 2.56. The highest BCUT2D eigenvalue weighted by Crippen LogP contribution is 2.30. The summed E-state index contributed by atoms with van der Waals surface area (Å²) in [7, 11) is 0. The third-order valence-corrected chi connectivity index (χ3v) is 4.42. The van der Waals surface area contributed by atoms with Gasteiger partial charge in [-0.1, -0.05) is 0 Å². The molecule has 0 saturated carbocycles. The quantitative estimate of drug-likeness (QED) is 0.490. The van der Waals surface area contributed by atoms with Crippen LogP contribution in [-0.2, 0) is 0 Å². The van der Waals surface area contributed by atoms with Gasteiger partial charge in [0.05, 0.1) is 5.69 Å². The first-order valence-corrected chi connectivity index (χ1v) is 8.36. The Bertz CT molecular complexity index is 1210. The number of nitrogens with one attached hydrogen (secondary N) is 2. The van der Waals surface area contributed by atoms with E-state index in [1.165, 1.54) is 0 Å². The van der Waals surface area contributed by atoms with E-state index in [0.717, 1.165) is 44.4 Å². The second-order valence-corrected chi connectivity index (χ2v) is 6.09. The summed E-state index contributed by atoms with van der Waals surface area (Å²) in [6.45, 7) is 0. The molecular formula is C21H15N5. The van der Waals surface area contributed by atoms with Gasteiger partial charge in [0.25, 0.3) is 0 Å². The van der Waals surface area contributed by atoms with Crippen molar-refractivity contribution in [2.24, 2.45) is 0 Å². The van der Waals surface area contributed by atoms with E-state index in [9.17, 15) is 0 Å². The molecule has 5 rings (SSSR count). The Kier molecular flexibility index (Phi) is 3.35. The predicted molar refractivity (Wildman–Crippen MR) is 104 cm³/mol. The summed E-state index contributed by atoms with van der Waals surface area (Å²) in [6, 6.07) is 16.2. The number of hydrogen-bond acceptors (Lipinski definition) is 4. The molecule has 26 heavy (non-hydrogen) atoms. The molecule has 5 nitrogen and oxygen atoms in total. The van der Waals surface area contributed by atoms with Crippen LogP contribution in [0.15, 0.2) is 79.5 Å². The smallest absolute Gasteiger partial charge is 0.139 e. The molecular weight excluding hydrogens is 322 g/mol. The lowest BCUT2D eigenvalue weighted by atomic mass is 10.1. The molecule has 124 valence electrons. The maximum atomic E-state index is 4.86. The van der Waals surface area contributed by atoms with E-state index in [0.29, 0.717) is 0 Å². The van der Waals surface area contributed by atoms with Gasteiger partial charge < -0.3 is 10.3 Å². The summed E-state index contributed by atoms with van der Waals surface area (Å²) < 4.78 is 0. The molecule has 4 heterocycles. The molecule has 0 fully saturated rings. The van der Waals surface area contributed by atoms with Crippen molar-refractivity contribution >= 4 is 33.2 Å². The van der Waals surface area contributed by atoms with Gasteiger partial charge in [0.1, 0.15) is 5.82 Å². The van der Waals surface area contributed by atoms with Crippen LogP contribution in [0, 0.1) is 0 Å². The van der Waals surface area contributed by atoms with Gasteiger partial charge >= 0.3 is 0 Å². The SMILES string of the molecule is c1cc(-c2cc3cnccc3c(Nc3ccc4[nH]ccc4c3)n2)ccn1. The van der Waals surface area contributed by atoms with E-state index >= 15 is 0 Å². The fourth-order valence-corrected chi connectivity index (χ4v) is 3.13. The minimum absolute atomic E-state index is 0.812. The van der Waals surface area contributed by atoms with Gasteiger partial charge in [-0.25, -0.2) is 4.98 Å². The minimum Gasteiger partial charge on any atom is -0.361 e. The van der Waals surface area contributed by atoms with Crippen LogP contribution in [0.3, 0.4) is 0 Å². The van der Waals surface area contributed by atoms with E-state index in [4.69, 9.17) is 4.98 Å². The first-order valence-electron chi connectivity index (χ1n) is 8.36. The monoisotopic (exact) mass is 337 g/mol. The maximum Gasteiger partial charge on any atom is 0.139 e. The number of H-pyrrole nitrogens is 1. The summed E-state index contributed by atoms with van der Waals surface area (Å²) >= 11 is 0. The lowest BCUT2D eigenvalue weighted by molar-refractivity contribution is 1.29. The second kappa shape index (κ2) is 5.97. The van der Waals surface area contributed by atoms with Gasteiger partial charge in [-0.15, -0.1) is 0 Å². The van der Waals surface area contributed by atoms with Crippen molar-refractivity contribution in [3.05, 3.63) is 79.5 Å². The van der Waals surface area contributed by atoms with Crippen molar-refractivity contribution in [1.29, 1.82) is 0 Å². The number of rotatable bonds is 3. The minimum atomic E-state index is 0.812. The number of hydrogen-bond donors (Lipinski definition) is 2. The summed E-state index contributed by atoms with van der Waals surface area (Å²) in [5.41, 5.74) is 4.02. The normalized spacial score (nSPS) is 11.1. The molecule has 1 aromatic carbocycles. The van der Waals surface area contributed by atoms with Crippen LogP contribution in [0.25, 0.3) is 32.9 Å². The number of pyridine rings is 3. The standard InChI is InChI=1S/C21H15N5/c1-2-19-15(5-10-24-19)11-17(1)25-21-18-6-9-23-13-16(18)12-20(26-21)14-3-7-22-8-4-14/h1-13,24H,(H,25,26). The second-order valence-electron chi connectivity index (χ2n) is 6.09. The Morgan fingerprint density at radius 1 is 0.808 bits per heavy atom. The number of fused-ring (bicyclic) bond motifs is 2. The van der Waals surface area contributed by atoms with Gasteiger partial charge in [0, 0.05) is 63.9 Å². The maximum absolute atomic E-state index is 4.86. The molecule has 0 aliphatic heterocycles. The van der Waals surface area contributed by atoms with Crippen LogP contribution < -0.4 is 5.32 Å². The predicted octanol–water partition coefficient (Wildman–Crippen LogP) is 4.92. The Hall–Kier alpha value is -3.73. The lowest BCUT2D eigenvalue weighted by Gasteiger charge is -2.12. The van der Waals surface area contributed by atoms with Gasteiger partial charge in [0.15, 0.2) is 0 Å². The molecule has 0 bridgehead atoms. The molecule has 2 N–H and O–H groups in total. The summed E-state index contributed by atoms with van der Waals surface area (Å²) in [5, 5.41) is 6.70. The first-order chi connectivity index (χ1) is 12.9. The van der Waals surface area contributed by atoms with Gasteiger partial charge in [-0.05, 0) is 48.5 Å². The first kappa shape index (κ1) is 14.6. The Balaban J connectivity index is 1.65. The Labute approximate surface area is 149 Å². The molecule has 4 aromatic heterocycles. The number of aromatic amines is 1. The zero-order chi connectivity index (χ0) is 17.3. The van der Waals surface area contributed by atoms with Crippen LogP contribution in [0.2, 0.25) is 0 Å². The molecule has 0 saturated heterocycles. The third-order valence-electron chi connectivity index (χ3n) is 4.42. The summed E-state index contributed by atoms with van der Waals surface area (Å²) in [5.74, 6) is 0.812. The Morgan fingerprint density at radius 2 is 1.69 bits per heavy atom. The van der Waals surface area contributed by atoms with E-state index < -0.39 is 0 Å². The van der Waals surface area contributed by atoms with Crippen LogP contribution in [-0.4, -0.2) is 19.9 Å². The van der Waals surface area contributed by atoms with E-state index in [-0.39, 0.29) is 0 Å². The molecule has 5 aromatic rings. The average molecular weight is 337 g/mol.